The maximum atomic E-state index is 10.7. The van der Waals surface area contributed by atoms with E-state index in [1.54, 1.807) is 18.2 Å². The van der Waals surface area contributed by atoms with Crippen molar-refractivity contribution in [2.75, 3.05) is 0 Å². The Balaban J connectivity index is 2.14. The summed E-state index contributed by atoms with van der Waals surface area (Å²) in [6, 6.07) is 7.07. The Kier molecular flexibility index (Phi) is 2.08. The highest BCUT2D eigenvalue weighted by Gasteiger charge is 2.12. The Labute approximate surface area is 97.6 Å². The third-order valence-electron chi connectivity index (χ3n) is 2.96. The minimum atomic E-state index is -0.369. The summed E-state index contributed by atoms with van der Waals surface area (Å²) in [6.07, 6.45) is 10.1. The normalized spacial score (nSPS) is 14.8. The summed E-state index contributed by atoms with van der Waals surface area (Å²) < 4.78 is 2.10. The quantitative estimate of drug-likeness (QED) is 0.583. The second-order valence-electron chi connectivity index (χ2n) is 3.98. The van der Waals surface area contributed by atoms with Crippen molar-refractivity contribution in [1.29, 1.82) is 0 Å². The fourth-order valence-electron chi connectivity index (χ4n) is 2.13. The molecule has 0 bridgehead atoms. The van der Waals surface area contributed by atoms with Crippen LogP contribution in [0.1, 0.15) is 6.04 Å². The lowest BCUT2D eigenvalue weighted by Gasteiger charge is -2.09. The molecule has 1 aliphatic rings. The van der Waals surface area contributed by atoms with E-state index in [2.05, 4.69) is 16.7 Å². The van der Waals surface area contributed by atoms with Gasteiger partial charge in [0.2, 0.25) is 0 Å². The monoisotopic (exact) mass is 226 g/mol. The van der Waals surface area contributed by atoms with Gasteiger partial charge in [-0.05, 0) is 12.1 Å². The van der Waals surface area contributed by atoms with Gasteiger partial charge >= 0.3 is 0 Å². The van der Waals surface area contributed by atoms with E-state index in [4.69, 9.17) is 0 Å². The zero-order valence-electron chi connectivity index (χ0n) is 8.98. The van der Waals surface area contributed by atoms with Gasteiger partial charge in [-0.1, -0.05) is 24.3 Å². The Morgan fingerprint density at radius 2 is 1.94 bits per heavy atom. The van der Waals surface area contributed by atoms with E-state index < -0.39 is 0 Å². The molecule has 0 spiro atoms. The average molecular weight is 226 g/mol. The summed E-state index contributed by atoms with van der Waals surface area (Å²) in [5, 5.41) is 11.6. The number of nitrogens with zero attached hydrogens (tertiary/aromatic N) is 2. The number of rotatable bonds is 2. The fourth-order valence-corrected chi connectivity index (χ4v) is 2.13. The summed E-state index contributed by atoms with van der Waals surface area (Å²) in [7, 11) is 0. The molecule has 2 aromatic rings. The summed E-state index contributed by atoms with van der Waals surface area (Å²) in [5.41, 5.74) is 1.14. The molecule has 0 atom stereocenters. The van der Waals surface area contributed by atoms with Crippen molar-refractivity contribution in [2.24, 2.45) is 0 Å². The number of nitro groups is 1. The molecular formula is C13H10N2O2. The van der Waals surface area contributed by atoms with E-state index >= 15 is 0 Å². The van der Waals surface area contributed by atoms with Crippen molar-refractivity contribution in [1.82, 2.24) is 4.57 Å². The van der Waals surface area contributed by atoms with Crippen molar-refractivity contribution < 1.29 is 4.92 Å². The predicted molar refractivity (Wildman–Crippen MR) is 65.9 cm³/mol. The third kappa shape index (κ3) is 1.54. The molecule has 1 aliphatic carbocycles. The van der Waals surface area contributed by atoms with Crippen LogP contribution in [-0.2, 0) is 0 Å². The molecule has 0 saturated carbocycles. The van der Waals surface area contributed by atoms with Crippen LogP contribution in [0.25, 0.3) is 10.9 Å². The molecule has 1 aromatic carbocycles. The molecule has 4 nitrogen and oxygen atoms in total. The number of benzene rings is 1. The Morgan fingerprint density at radius 3 is 2.65 bits per heavy atom. The van der Waals surface area contributed by atoms with E-state index in [1.807, 2.05) is 24.4 Å². The standard InChI is InChI=1S/C13H10N2O2/c16-15(17)12-5-6-13-10(9-12)7-8-14(13)11-3-1-2-4-11/h1-9,11H. The van der Waals surface area contributed by atoms with Crippen LogP contribution < -0.4 is 0 Å². The Bertz CT molecular complexity index is 640. The van der Waals surface area contributed by atoms with Crippen LogP contribution in [0.3, 0.4) is 0 Å². The van der Waals surface area contributed by atoms with Crippen molar-refractivity contribution >= 4 is 16.6 Å². The van der Waals surface area contributed by atoms with Gasteiger partial charge in [0.1, 0.15) is 0 Å². The minimum absolute atomic E-state index is 0.132. The lowest BCUT2D eigenvalue weighted by Crippen LogP contribution is -1.99. The number of non-ortho nitro benzene ring substituents is 1. The number of fused-ring (bicyclic) bond motifs is 1. The highest BCUT2D eigenvalue weighted by Crippen LogP contribution is 2.26. The van der Waals surface area contributed by atoms with E-state index in [1.165, 1.54) is 0 Å². The molecule has 0 saturated heterocycles. The maximum absolute atomic E-state index is 10.7. The Morgan fingerprint density at radius 1 is 1.18 bits per heavy atom. The maximum Gasteiger partial charge on any atom is 0.270 e. The van der Waals surface area contributed by atoms with Crippen LogP contribution in [0.5, 0.6) is 0 Å². The van der Waals surface area contributed by atoms with E-state index in [9.17, 15) is 10.1 Å². The SMILES string of the molecule is O=[N+]([O-])c1ccc2c(ccn2C2C=CC=C2)c1. The van der Waals surface area contributed by atoms with E-state index in [0.717, 1.165) is 10.9 Å². The molecule has 0 amide bonds. The number of aromatic nitrogens is 1. The van der Waals surface area contributed by atoms with Crippen LogP contribution in [0.2, 0.25) is 0 Å². The predicted octanol–water partition coefficient (Wildman–Crippen LogP) is 3.22. The summed E-state index contributed by atoms with van der Waals surface area (Å²) in [5.74, 6) is 0. The van der Waals surface area contributed by atoms with Gasteiger partial charge in [-0.25, -0.2) is 0 Å². The first-order chi connectivity index (χ1) is 8.25. The molecule has 1 aromatic heterocycles. The summed E-state index contributed by atoms with van der Waals surface area (Å²) in [4.78, 5) is 10.3. The molecule has 0 radical (unpaired) electrons. The smallest absolute Gasteiger partial charge is 0.270 e. The molecule has 4 heteroatoms. The zero-order valence-corrected chi connectivity index (χ0v) is 8.98. The molecule has 84 valence electrons. The molecule has 0 aliphatic heterocycles. The number of hydrogen-bond acceptors (Lipinski definition) is 2. The second-order valence-corrected chi connectivity index (χ2v) is 3.98. The molecule has 0 fully saturated rings. The van der Waals surface area contributed by atoms with Gasteiger partial charge in [0.15, 0.2) is 0 Å². The van der Waals surface area contributed by atoms with Gasteiger partial charge in [0.05, 0.1) is 11.0 Å². The number of nitro benzene ring substituents is 1. The number of hydrogen-bond donors (Lipinski definition) is 0. The third-order valence-corrected chi connectivity index (χ3v) is 2.96. The van der Waals surface area contributed by atoms with Crippen molar-refractivity contribution in [2.45, 2.75) is 6.04 Å². The summed E-state index contributed by atoms with van der Waals surface area (Å²) in [6.45, 7) is 0. The van der Waals surface area contributed by atoms with E-state index in [-0.39, 0.29) is 16.7 Å². The van der Waals surface area contributed by atoms with Crippen molar-refractivity contribution in [3.05, 3.63) is 64.9 Å². The lowest BCUT2D eigenvalue weighted by molar-refractivity contribution is -0.384. The van der Waals surface area contributed by atoms with Crippen LogP contribution in [0.15, 0.2) is 54.8 Å². The average Bonchev–Trinajstić information content (AvgIpc) is 2.96. The first kappa shape index (κ1) is 9.84. The molecule has 0 N–H and O–H groups in total. The van der Waals surface area contributed by atoms with Crippen LogP contribution in [0.4, 0.5) is 5.69 Å². The van der Waals surface area contributed by atoms with E-state index in [0.29, 0.717) is 0 Å². The largest absolute Gasteiger partial charge is 0.337 e. The highest BCUT2D eigenvalue weighted by molar-refractivity contribution is 5.82. The van der Waals surface area contributed by atoms with Gasteiger partial charge in [0, 0.05) is 29.2 Å². The summed E-state index contributed by atoms with van der Waals surface area (Å²) >= 11 is 0. The van der Waals surface area contributed by atoms with Gasteiger partial charge in [-0.2, -0.15) is 0 Å². The molecule has 17 heavy (non-hydrogen) atoms. The molecule has 3 rings (SSSR count). The van der Waals surface area contributed by atoms with Crippen molar-refractivity contribution in [3.63, 3.8) is 0 Å². The van der Waals surface area contributed by atoms with Gasteiger partial charge in [0.25, 0.3) is 5.69 Å². The second kappa shape index (κ2) is 3.59. The zero-order chi connectivity index (χ0) is 11.8. The first-order valence-electron chi connectivity index (χ1n) is 5.36. The first-order valence-corrected chi connectivity index (χ1v) is 5.36. The van der Waals surface area contributed by atoms with Crippen molar-refractivity contribution in [3.8, 4) is 0 Å². The minimum Gasteiger partial charge on any atom is -0.337 e. The molecule has 0 unspecified atom stereocenters. The van der Waals surface area contributed by atoms with Crippen LogP contribution in [-0.4, -0.2) is 9.49 Å². The van der Waals surface area contributed by atoms with Crippen LogP contribution in [0, 0.1) is 10.1 Å². The molecule has 1 heterocycles. The Hall–Kier alpha value is -2.36. The lowest BCUT2D eigenvalue weighted by atomic mass is 10.2. The number of allylic oxidation sites excluding steroid dienone is 4. The van der Waals surface area contributed by atoms with Gasteiger partial charge in [-0.3, -0.25) is 10.1 Å². The topological polar surface area (TPSA) is 48.1 Å². The highest BCUT2D eigenvalue weighted by atomic mass is 16.6. The van der Waals surface area contributed by atoms with Gasteiger partial charge < -0.3 is 4.57 Å². The van der Waals surface area contributed by atoms with Crippen LogP contribution >= 0.6 is 0 Å². The fraction of sp³-hybridized carbons (Fsp3) is 0.0769. The van der Waals surface area contributed by atoms with Gasteiger partial charge in [-0.15, -0.1) is 0 Å². The molecular weight excluding hydrogens is 216 g/mol.